The van der Waals surface area contributed by atoms with Crippen molar-refractivity contribution < 1.29 is 14.3 Å². The number of hydrogen-bond acceptors (Lipinski definition) is 4. The van der Waals surface area contributed by atoms with Gasteiger partial charge in [-0.15, -0.1) is 0 Å². The normalized spacial score (nSPS) is 14.2. The van der Waals surface area contributed by atoms with E-state index in [1.54, 1.807) is 0 Å². The Hall–Kier alpha value is -3.57. The molecule has 1 saturated carbocycles. The first-order valence-electron chi connectivity index (χ1n) is 14.2. The smallest absolute Gasteiger partial charge is 0.319 e. The lowest BCUT2D eigenvalue weighted by Gasteiger charge is -2.19. The molecule has 1 aliphatic rings. The van der Waals surface area contributed by atoms with E-state index in [4.69, 9.17) is 9.47 Å². The van der Waals surface area contributed by atoms with Crippen LogP contribution in [-0.4, -0.2) is 29.8 Å². The summed E-state index contributed by atoms with van der Waals surface area (Å²) in [5.74, 6) is 0.680. The summed E-state index contributed by atoms with van der Waals surface area (Å²) in [4.78, 5) is 11.9. The van der Waals surface area contributed by atoms with Crippen molar-refractivity contribution in [2.75, 3.05) is 13.2 Å². The fourth-order valence-electron chi connectivity index (χ4n) is 5.43. The number of nitrogens with one attached hydrogen (secondary N) is 1. The van der Waals surface area contributed by atoms with Crippen LogP contribution in [-0.2, 0) is 21.5 Å². The number of nitrogens with zero attached hydrogens (tertiary/aromatic N) is 1. The zero-order chi connectivity index (χ0) is 27.4. The first-order chi connectivity index (χ1) is 18.8. The zero-order valence-electron chi connectivity index (χ0n) is 23.6. The van der Waals surface area contributed by atoms with Gasteiger partial charge in [0, 0.05) is 23.3 Å². The molecule has 5 heteroatoms. The number of carbonyl (C=O) groups is 1. The molecule has 3 aromatic carbocycles. The number of carbonyl (C=O) groups excluding carboxylic acids is 1. The molecule has 0 radical (unpaired) electrons. The largest absolute Gasteiger partial charge is 0.490 e. The van der Waals surface area contributed by atoms with Crippen molar-refractivity contribution in [2.45, 2.75) is 71.4 Å². The van der Waals surface area contributed by atoms with Gasteiger partial charge in [-0.1, -0.05) is 51.1 Å². The maximum Gasteiger partial charge on any atom is 0.319 e. The van der Waals surface area contributed by atoms with Gasteiger partial charge < -0.3 is 19.4 Å². The Balaban J connectivity index is 1.46. The second kappa shape index (κ2) is 11.7. The van der Waals surface area contributed by atoms with Crippen LogP contribution in [0.5, 0.6) is 5.75 Å². The second-order valence-corrected chi connectivity index (χ2v) is 11.5. The van der Waals surface area contributed by atoms with E-state index in [1.165, 1.54) is 29.5 Å². The van der Waals surface area contributed by atoms with Crippen LogP contribution >= 0.6 is 0 Å². The van der Waals surface area contributed by atoms with Gasteiger partial charge in [-0.2, -0.15) is 0 Å². The van der Waals surface area contributed by atoms with E-state index < -0.39 is 0 Å². The summed E-state index contributed by atoms with van der Waals surface area (Å²) in [6, 6.07) is 26.1. The highest BCUT2D eigenvalue weighted by Gasteiger charge is 2.18. The van der Waals surface area contributed by atoms with E-state index >= 15 is 0 Å². The number of hydrogen-bond donors (Lipinski definition) is 1. The van der Waals surface area contributed by atoms with Crippen LogP contribution in [0.1, 0.15) is 64.6 Å². The van der Waals surface area contributed by atoms with Crippen molar-refractivity contribution in [2.24, 2.45) is 0 Å². The molecular formula is C34H40N2O3. The molecule has 4 aromatic rings. The Morgan fingerprint density at radius 2 is 1.62 bits per heavy atom. The van der Waals surface area contributed by atoms with Gasteiger partial charge in [-0.3, -0.25) is 4.79 Å². The lowest BCUT2D eigenvalue weighted by atomic mass is 9.86. The molecule has 5 nitrogen and oxygen atoms in total. The van der Waals surface area contributed by atoms with Gasteiger partial charge in [0.15, 0.2) is 0 Å². The van der Waals surface area contributed by atoms with Crippen LogP contribution in [0.15, 0.2) is 72.8 Å². The van der Waals surface area contributed by atoms with E-state index in [-0.39, 0.29) is 17.9 Å². The second-order valence-electron chi connectivity index (χ2n) is 11.5. The quantitative estimate of drug-likeness (QED) is 0.229. The van der Waals surface area contributed by atoms with Gasteiger partial charge in [0.05, 0.1) is 24.8 Å². The standard InChI is InChI=1S/C34H40N2O3/c1-5-38-33(37)23-35-22-29-21-26-20-25(24-10-13-27(14-11-24)34(2,3)4)12-19-32(26)36(29)28-15-17-31(18-16-28)39-30-8-6-7-9-30/h10-21,30,35H,5-9,22-23H2,1-4H3. The average Bonchev–Trinajstić information content (AvgIpc) is 3.56. The maximum absolute atomic E-state index is 11.9. The monoisotopic (exact) mass is 524 g/mol. The molecule has 0 aliphatic heterocycles. The van der Waals surface area contributed by atoms with Gasteiger partial charge in [0.1, 0.15) is 5.75 Å². The average molecular weight is 525 g/mol. The zero-order valence-corrected chi connectivity index (χ0v) is 23.6. The van der Waals surface area contributed by atoms with E-state index in [0.29, 0.717) is 19.3 Å². The number of rotatable bonds is 9. The molecule has 0 saturated heterocycles. The highest BCUT2D eigenvalue weighted by molar-refractivity contribution is 5.88. The Morgan fingerprint density at radius 1 is 0.923 bits per heavy atom. The highest BCUT2D eigenvalue weighted by Crippen LogP contribution is 2.32. The van der Waals surface area contributed by atoms with Crippen LogP contribution in [0.3, 0.4) is 0 Å². The Bertz CT molecular complexity index is 1410. The number of ether oxygens (including phenoxy) is 2. The third kappa shape index (κ3) is 6.36. The summed E-state index contributed by atoms with van der Waals surface area (Å²) in [6.07, 6.45) is 5.12. The van der Waals surface area contributed by atoms with E-state index in [0.717, 1.165) is 40.9 Å². The molecular weight excluding hydrogens is 484 g/mol. The molecule has 0 unspecified atom stereocenters. The number of fused-ring (bicyclic) bond motifs is 1. The maximum atomic E-state index is 11.9. The summed E-state index contributed by atoms with van der Waals surface area (Å²) in [5.41, 5.74) is 7.12. The molecule has 1 aromatic heterocycles. The summed E-state index contributed by atoms with van der Waals surface area (Å²) in [7, 11) is 0. The molecule has 5 rings (SSSR count). The minimum atomic E-state index is -0.241. The van der Waals surface area contributed by atoms with Gasteiger partial charge in [0.25, 0.3) is 0 Å². The predicted octanol–water partition coefficient (Wildman–Crippen LogP) is 7.57. The third-order valence-electron chi connectivity index (χ3n) is 7.54. The third-order valence-corrected chi connectivity index (χ3v) is 7.54. The molecule has 0 bridgehead atoms. The van der Waals surface area contributed by atoms with Crippen molar-refractivity contribution >= 4 is 16.9 Å². The first kappa shape index (κ1) is 27.0. The topological polar surface area (TPSA) is 52.5 Å². The van der Waals surface area contributed by atoms with Crippen molar-refractivity contribution in [1.29, 1.82) is 0 Å². The molecule has 0 spiro atoms. The lowest BCUT2D eigenvalue weighted by molar-refractivity contribution is -0.142. The minimum absolute atomic E-state index is 0.128. The Labute approximate surface area is 232 Å². The van der Waals surface area contributed by atoms with Gasteiger partial charge >= 0.3 is 5.97 Å². The van der Waals surface area contributed by atoms with E-state index in [1.807, 2.05) is 6.92 Å². The molecule has 204 valence electrons. The van der Waals surface area contributed by atoms with E-state index in [2.05, 4.69) is 103 Å². The highest BCUT2D eigenvalue weighted by atomic mass is 16.5. The number of esters is 1. The molecule has 39 heavy (non-hydrogen) atoms. The fourth-order valence-corrected chi connectivity index (χ4v) is 5.43. The van der Waals surface area contributed by atoms with Gasteiger partial charge in [-0.25, -0.2) is 0 Å². The molecule has 1 N–H and O–H groups in total. The number of benzene rings is 3. The molecule has 0 amide bonds. The fraction of sp³-hybridized carbons (Fsp3) is 0.382. The Kier molecular flexibility index (Phi) is 8.08. The van der Waals surface area contributed by atoms with Crippen LogP contribution in [0.4, 0.5) is 0 Å². The van der Waals surface area contributed by atoms with Gasteiger partial charge in [0.2, 0.25) is 0 Å². The molecule has 1 heterocycles. The summed E-state index contributed by atoms with van der Waals surface area (Å²) in [6.45, 7) is 9.64. The minimum Gasteiger partial charge on any atom is -0.490 e. The molecule has 0 atom stereocenters. The SMILES string of the molecule is CCOC(=O)CNCc1cc2cc(-c3ccc(C(C)(C)C)cc3)ccc2n1-c1ccc(OC2CCCC2)cc1. The summed E-state index contributed by atoms with van der Waals surface area (Å²) < 4.78 is 13.6. The van der Waals surface area contributed by atoms with Gasteiger partial charge in [-0.05, 0) is 97.2 Å². The number of aromatic nitrogens is 1. The predicted molar refractivity (Wildman–Crippen MR) is 159 cm³/mol. The van der Waals surface area contributed by atoms with Crippen LogP contribution in [0.2, 0.25) is 0 Å². The van der Waals surface area contributed by atoms with Crippen molar-refractivity contribution in [1.82, 2.24) is 9.88 Å². The lowest BCUT2D eigenvalue weighted by Crippen LogP contribution is -2.25. The van der Waals surface area contributed by atoms with Crippen LogP contribution in [0.25, 0.3) is 27.7 Å². The molecule has 1 aliphatic carbocycles. The van der Waals surface area contributed by atoms with Crippen molar-refractivity contribution in [3.63, 3.8) is 0 Å². The summed E-state index contributed by atoms with van der Waals surface area (Å²) >= 11 is 0. The van der Waals surface area contributed by atoms with Crippen molar-refractivity contribution in [3.05, 3.63) is 84.1 Å². The van der Waals surface area contributed by atoms with Crippen molar-refractivity contribution in [3.8, 4) is 22.6 Å². The van der Waals surface area contributed by atoms with E-state index in [9.17, 15) is 4.79 Å². The van der Waals surface area contributed by atoms with Crippen LogP contribution in [0, 0.1) is 0 Å². The summed E-state index contributed by atoms with van der Waals surface area (Å²) in [5, 5.41) is 4.42. The first-order valence-corrected chi connectivity index (χ1v) is 14.2. The molecule has 1 fully saturated rings. The van der Waals surface area contributed by atoms with Crippen LogP contribution < -0.4 is 10.1 Å². The Morgan fingerprint density at radius 3 is 2.28 bits per heavy atom.